The summed E-state index contributed by atoms with van der Waals surface area (Å²) in [6.07, 6.45) is -4.23. The first-order chi connectivity index (χ1) is 13.6. The maximum absolute atomic E-state index is 13.4. The Labute approximate surface area is 168 Å². The number of carbonyl (C=O) groups excluding carboxylic acids is 3. The van der Waals surface area contributed by atoms with E-state index in [1.165, 1.54) is 18.7 Å². The van der Waals surface area contributed by atoms with Crippen LogP contribution in [-0.4, -0.2) is 65.4 Å². The van der Waals surface area contributed by atoms with Gasteiger partial charge in [-0.3, -0.25) is 14.4 Å². The number of nitrogens with one attached hydrogen (secondary N) is 1. The van der Waals surface area contributed by atoms with Crippen LogP contribution in [0.5, 0.6) is 0 Å². The fourth-order valence-electron chi connectivity index (χ4n) is 3.50. The van der Waals surface area contributed by atoms with Gasteiger partial charge in [0.05, 0.1) is 6.54 Å². The Balaban J connectivity index is 2.08. The molecule has 0 spiro atoms. The van der Waals surface area contributed by atoms with Gasteiger partial charge in [0.25, 0.3) is 0 Å². The summed E-state index contributed by atoms with van der Waals surface area (Å²) in [7, 11) is 0. The van der Waals surface area contributed by atoms with Crippen LogP contribution in [0.25, 0.3) is 0 Å². The Morgan fingerprint density at radius 2 is 1.79 bits per heavy atom. The van der Waals surface area contributed by atoms with Crippen LogP contribution >= 0.6 is 0 Å². The van der Waals surface area contributed by atoms with E-state index < -0.39 is 30.7 Å². The van der Waals surface area contributed by atoms with Gasteiger partial charge < -0.3 is 15.1 Å². The predicted octanol–water partition coefficient (Wildman–Crippen LogP) is 2.14. The number of hydrogen-bond acceptors (Lipinski definition) is 3. The normalized spacial score (nSPS) is 19.6. The van der Waals surface area contributed by atoms with Gasteiger partial charge in [-0.15, -0.1) is 0 Å². The van der Waals surface area contributed by atoms with Gasteiger partial charge in [0.1, 0.15) is 6.04 Å². The number of rotatable bonds is 6. The van der Waals surface area contributed by atoms with Crippen molar-refractivity contribution in [1.82, 2.24) is 15.1 Å². The lowest BCUT2D eigenvalue weighted by Gasteiger charge is -2.41. The van der Waals surface area contributed by atoms with Crippen LogP contribution < -0.4 is 5.32 Å². The Kier molecular flexibility index (Phi) is 7.64. The smallest absolute Gasteiger partial charge is 0.352 e. The minimum Gasteiger partial charge on any atom is -0.352 e. The van der Waals surface area contributed by atoms with Gasteiger partial charge >= 0.3 is 6.18 Å². The molecule has 160 valence electrons. The number of hydrogen-bond donors (Lipinski definition) is 1. The molecule has 9 heteroatoms. The minimum atomic E-state index is -4.57. The largest absolute Gasteiger partial charge is 0.408 e. The maximum atomic E-state index is 13.4. The molecule has 29 heavy (non-hydrogen) atoms. The number of likely N-dealkylation sites (tertiary alicyclic amines) is 1. The molecule has 6 nitrogen and oxygen atoms in total. The summed E-state index contributed by atoms with van der Waals surface area (Å²) < 4.78 is 40.3. The number of piperidine rings is 1. The molecule has 0 aromatic heterocycles. The molecule has 0 radical (unpaired) electrons. The number of nitrogens with zero attached hydrogens (tertiary/aromatic N) is 2. The van der Waals surface area contributed by atoms with Gasteiger partial charge in [-0.25, -0.2) is 0 Å². The molecule has 0 aliphatic carbocycles. The summed E-state index contributed by atoms with van der Waals surface area (Å²) in [5.41, 5.74) is 0.961. The van der Waals surface area contributed by atoms with Gasteiger partial charge in [0.15, 0.2) is 0 Å². The van der Waals surface area contributed by atoms with Crippen molar-refractivity contribution in [2.45, 2.75) is 51.4 Å². The molecule has 2 rings (SSSR count). The second-order valence-electron chi connectivity index (χ2n) is 7.25. The van der Waals surface area contributed by atoms with Gasteiger partial charge in [0, 0.05) is 33.0 Å². The van der Waals surface area contributed by atoms with Crippen LogP contribution in [0.15, 0.2) is 30.3 Å². The fourth-order valence-corrected chi connectivity index (χ4v) is 3.50. The van der Waals surface area contributed by atoms with Crippen LogP contribution in [0.4, 0.5) is 13.2 Å². The molecule has 1 aliphatic rings. The van der Waals surface area contributed by atoms with E-state index in [2.05, 4.69) is 5.32 Å². The summed E-state index contributed by atoms with van der Waals surface area (Å²) >= 11 is 0. The third kappa shape index (κ3) is 6.76. The van der Waals surface area contributed by atoms with Crippen LogP contribution in [-0.2, 0) is 20.8 Å². The van der Waals surface area contributed by atoms with E-state index in [0.29, 0.717) is 6.42 Å². The topological polar surface area (TPSA) is 69.7 Å². The fraction of sp³-hybridized carbons (Fsp3) is 0.550. The first-order valence-corrected chi connectivity index (χ1v) is 9.50. The minimum absolute atomic E-state index is 0.137. The highest BCUT2D eigenvalue weighted by Crippen LogP contribution is 2.32. The zero-order valence-electron chi connectivity index (χ0n) is 16.5. The highest BCUT2D eigenvalue weighted by molar-refractivity contribution is 5.84. The molecule has 2 atom stereocenters. The van der Waals surface area contributed by atoms with Crippen LogP contribution in [0.3, 0.4) is 0 Å². The molecule has 1 aliphatic heterocycles. The molecule has 0 unspecified atom stereocenters. The molecule has 1 N–H and O–H groups in total. The van der Waals surface area contributed by atoms with Gasteiger partial charge in [-0.1, -0.05) is 30.3 Å². The van der Waals surface area contributed by atoms with Crippen molar-refractivity contribution < 1.29 is 27.6 Å². The lowest BCUT2D eigenvalue weighted by atomic mass is 9.97. The maximum Gasteiger partial charge on any atom is 0.408 e. The number of benzene rings is 1. The number of halogens is 3. The van der Waals surface area contributed by atoms with E-state index in [9.17, 15) is 27.6 Å². The van der Waals surface area contributed by atoms with E-state index in [1.807, 2.05) is 30.3 Å². The van der Waals surface area contributed by atoms with E-state index in [-0.39, 0.29) is 37.7 Å². The van der Waals surface area contributed by atoms with Crippen LogP contribution in [0, 0.1) is 0 Å². The standard InChI is InChI=1S/C20H26F3N3O3/c1-14(27)24-17-8-9-18(20(21,22)23)26(12-17)19(29)13-25(15(2)28)11-10-16-6-4-3-5-7-16/h3-7,17-18H,8-13H2,1-2H3,(H,24,27)/t17-,18+/m1/s1. The molecule has 1 aromatic rings. The summed E-state index contributed by atoms with van der Waals surface area (Å²) in [5.74, 6) is -1.51. The molecule has 1 aromatic carbocycles. The molecular formula is C20H26F3N3O3. The zero-order valence-corrected chi connectivity index (χ0v) is 16.5. The Morgan fingerprint density at radius 1 is 1.14 bits per heavy atom. The van der Waals surface area contributed by atoms with Crippen molar-refractivity contribution in [1.29, 1.82) is 0 Å². The average molecular weight is 413 g/mol. The van der Waals surface area contributed by atoms with E-state index in [1.54, 1.807) is 0 Å². The molecule has 0 saturated carbocycles. The van der Waals surface area contributed by atoms with E-state index in [4.69, 9.17) is 0 Å². The second kappa shape index (κ2) is 9.76. The van der Waals surface area contributed by atoms with E-state index in [0.717, 1.165) is 10.5 Å². The SMILES string of the molecule is CC(=O)N[C@@H]1CC[C@@H](C(F)(F)F)N(C(=O)CN(CCc2ccccc2)C(C)=O)C1. The van der Waals surface area contributed by atoms with Crippen LogP contribution in [0.1, 0.15) is 32.3 Å². The molecule has 0 bridgehead atoms. The summed E-state index contributed by atoms with van der Waals surface area (Å²) in [6.45, 7) is 2.14. The highest BCUT2D eigenvalue weighted by Gasteiger charge is 2.48. The lowest BCUT2D eigenvalue weighted by Crippen LogP contribution is -2.59. The van der Waals surface area contributed by atoms with E-state index >= 15 is 0 Å². The van der Waals surface area contributed by atoms with Crippen molar-refractivity contribution in [3.63, 3.8) is 0 Å². The average Bonchev–Trinajstić information content (AvgIpc) is 2.64. The van der Waals surface area contributed by atoms with Gasteiger partial charge in [0.2, 0.25) is 17.7 Å². The first-order valence-electron chi connectivity index (χ1n) is 9.50. The second-order valence-corrected chi connectivity index (χ2v) is 7.25. The molecule has 1 fully saturated rings. The van der Waals surface area contributed by atoms with Crippen molar-refractivity contribution in [2.75, 3.05) is 19.6 Å². The highest BCUT2D eigenvalue weighted by atomic mass is 19.4. The van der Waals surface area contributed by atoms with Crippen molar-refractivity contribution in [2.24, 2.45) is 0 Å². The summed E-state index contributed by atoms with van der Waals surface area (Å²) in [6, 6.07) is 6.86. The summed E-state index contributed by atoms with van der Waals surface area (Å²) in [4.78, 5) is 38.0. The van der Waals surface area contributed by atoms with Gasteiger partial charge in [-0.05, 0) is 24.8 Å². The van der Waals surface area contributed by atoms with Gasteiger partial charge in [-0.2, -0.15) is 13.2 Å². The lowest BCUT2D eigenvalue weighted by molar-refractivity contribution is -0.197. The number of alkyl halides is 3. The Hall–Kier alpha value is -2.58. The molecular weight excluding hydrogens is 387 g/mol. The zero-order chi connectivity index (χ0) is 21.6. The first kappa shape index (κ1) is 22.7. The number of carbonyl (C=O) groups is 3. The van der Waals surface area contributed by atoms with Crippen molar-refractivity contribution in [3.8, 4) is 0 Å². The van der Waals surface area contributed by atoms with Crippen LogP contribution in [0.2, 0.25) is 0 Å². The molecule has 1 saturated heterocycles. The third-order valence-corrected chi connectivity index (χ3v) is 4.97. The predicted molar refractivity (Wildman–Crippen MR) is 101 cm³/mol. The summed E-state index contributed by atoms with van der Waals surface area (Å²) in [5, 5.41) is 2.58. The van der Waals surface area contributed by atoms with Crippen molar-refractivity contribution >= 4 is 17.7 Å². The third-order valence-electron chi connectivity index (χ3n) is 4.97. The molecule has 1 heterocycles. The Morgan fingerprint density at radius 3 is 2.34 bits per heavy atom. The molecule has 3 amide bonds. The monoisotopic (exact) mass is 413 g/mol. The Bertz CT molecular complexity index is 725. The quantitative estimate of drug-likeness (QED) is 0.777. The number of amides is 3. The van der Waals surface area contributed by atoms with Crippen molar-refractivity contribution in [3.05, 3.63) is 35.9 Å².